The lowest BCUT2D eigenvalue weighted by molar-refractivity contribution is 0.281. The van der Waals surface area contributed by atoms with Crippen molar-refractivity contribution >= 4 is 0 Å². The Morgan fingerprint density at radius 1 is 1.73 bits per heavy atom. The smallest absolute Gasteiger partial charge is 0.0695 e. The summed E-state index contributed by atoms with van der Waals surface area (Å²) in [7, 11) is 0. The fourth-order valence-corrected chi connectivity index (χ4v) is 0.948. The van der Waals surface area contributed by atoms with E-state index in [2.05, 4.69) is 10.9 Å². The van der Waals surface area contributed by atoms with E-state index in [0.29, 0.717) is 5.56 Å². The van der Waals surface area contributed by atoms with Crippen LogP contribution >= 0.6 is 0 Å². The minimum absolute atomic E-state index is 0.0249. The maximum absolute atomic E-state index is 8.85. The molecule has 11 heavy (non-hydrogen) atoms. The average Bonchev–Trinajstić information content (AvgIpc) is 2.04. The molecular formula is C9H9NO. The van der Waals surface area contributed by atoms with Gasteiger partial charge in [-0.05, 0) is 18.6 Å². The lowest BCUT2D eigenvalue weighted by atomic mass is 10.1. The lowest BCUT2D eigenvalue weighted by Gasteiger charge is -2.01. The van der Waals surface area contributed by atoms with Gasteiger partial charge in [0.25, 0.3) is 0 Å². The normalized spacial score (nSPS) is 9.18. The van der Waals surface area contributed by atoms with E-state index >= 15 is 0 Å². The van der Waals surface area contributed by atoms with Crippen LogP contribution in [0.5, 0.6) is 0 Å². The number of aromatic nitrogens is 1. The van der Waals surface area contributed by atoms with Crippen molar-refractivity contribution in [2.75, 3.05) is 0 Å². The number of aliphatic hydroxyl groups is 1. The fourth-order valence-electron chi connectivity index (χ4n) is 0.948. The molecule has 1 rings (SSSR count). The van der Waals surface area contributed by atoms with E-state index in [1.807, 2.05) is 6.92 Å². The van der Waals surface area contributed by atoms with Crippen LogP contribution in [-0.2, 0) is 6.61 Å². The summed E-state index contributed by atoms with van der Waals surface area (Å²) >= 11 is 0. The van der Waals surface area contributed by atoms with Crippen LogP contribution in [0.15, 0.2) is 12.3 Å². The lowest BCUT2D eigenvalue weighted by Crippen LogP contribution is -1.94. The molecule has 0 fully saturated rings. The summed E-state index contributed by atoms with van der Waals surface area (Å²) in [5.74, 6) is 2.49. The standard InChI is InChI=1S/C9H9NO/c1-3-9-7(2)10-5-4-8(9)6-11/h1,4-5,11H,6H2,2H3. The van der Waals surface area contributed by atoms with Gasteiger partial charge in [-0.3, -0.25) is 4.98 Å². The molecule has 2 nitrogen and oxygen atoms in total. The van der Waals surface area contributed by atoms with Gasteiger partial charge < -0.3 is 5.11 Å². The number of pyridine rings is 1. The average molecular weight is 147 g/mol. The SMILES string of the molecule is C#Cc1c(CO)ccnc1C. The molecule has 1 heterocycles. The number of hydrogen-bond acceptors (Lipinski definition) is 2. The van der Waals surface area contributed by atoms with Crippen LogP contribution in [-0.4, -0.2) is 10.1 Å². The van der Waals surface area contributed by atoms with Crippen molar-refractivity contribution in [1.82, 2.24) is 4.98 Å². The largest absolute Gasteiger partial charge is 0.392 e. The molecule has 0 unspecified atom stereocenters. The Balaban J connectivity index is 3.27. The van der Waals surface area contributed by atoms with Crippen molar-refractivity contribution < 1.29 is 5.11 Å². The minimum Gasteiger partial charge on any atom is -0.392 e. The Bertz CT molecular complexity index is 299. The molecule has 1 N–H and O–H groups in total. The third kappa shape index (κ3) is 1.39. The van der Waals surface area contributed by atoms with Crippen molar-refractivity contribution in [2.24, 2.45) is 0 Å². The zero-order valence-corrected chi connectivity index (χ0v) is 6.33. The number of aliphatic hydroxyl groups excluding tert-OH is 1. The van der Waals surface area contributed by atoms with Crippen molar-refractivity contribution in [3.63, 3.8) is 0 Å². The first kappa shape index (κ1) is 7.77. The summed E-state index contributed by atoms with van der Waals surface area (Å²) in [6.07, 6.45) is 6.87. The van der Waals surface area contributed by atoms with Crippen molar-refractivity contribution in [3.8, 4) is 12.3 Å². The number of aryl methyl sites for hydroxylation is 1. The molecule has 0 saturated carbocycles. The molecule has 2 heteroatoms. The number of hydrogen-bond donors (Lipinski definition) is 1. The molecule has 0 aromatic carbocycles. The van der Waals surface area contributed by atoms with Gasteiger partial charge in [0.2, 0.25) is 0 Å². The maximum atomic E-state index is 8.85. The highest BCUT2D eigenvalue weighted by atomic mass is 16.3. The zero-order chi connectivity index (χ0) is 8.27. The highest BCUT2D eigenvalue weighted by Crippen LogP contribution is 2.09. The van der Waals surface area contributed by atoms with Crippen LogP contribution in [0, 0.1) is 19.3 Å². The summed E-state index contributed by atoms with van der Waals surface area (Å²) in [5.41, 5.74) is 2.26. The summed E-state index contributed by atoms with van der Waals surface area (Å²) < 4.78 is 0. The highest BCUT2D eigenvalue weighted by molar-refractivity contribution is 5.41. The Labute approximate surface area is 65.9 Å². The topological polar surface area (TPSA) is 33.1 Å². The summed E-state index contributed by atoms with van der Waals surface area (Å²) in [6.45, 7) is 1.80. The van der Waals surface area contributed by atoms with Crippen LogP contribution in [0.2, 0.25) is 0 Å². The molecule has 0 aliphatic heterocycles. The van der Waals surface area contributed by atoms with Crippen LogP contribution in [0.25, 0.3) is 0 Å². The van der Waals surface area contributed by atoms with E-state index in [1.54, 1.807) is 12.3 Å². The molecule has 0 radical (unpaired) electrons. The zero-order valence-electron chi connectivity index (χ0n) is 6.33. The predicted octanol–water partition coefficient (Wildman–Crippen LogP) is 0.864. The van der Waals surface area contributed by atoms with Gasteiger partial charge >= 0.3 is 0 Å². The molecule has 0 spiro atoms. The first-order valence-corrected chi connectivity index (χ1v) is 3.31. The summed E-state index contributed by atoms with van der Waals surface area (Å²) in [6, 6.07) is 1.72. The second kappa shape index (κ2) is 3.18. The van der Waals surface area contributed by atoms with Gasteiger partial charge in [-0.1, -0.05) is 5.92 Å². The summed E-state index contributed by atoms with van der Waals surface area (Å²) in [5, 5.41) is 8.85. The Kier molecular flexibility index (Phi) is 2.25. The Morgan fingerprint density at radius 3 is 2.91 bits per heavy atom. The molecule has 0 saturated heterocycles. The van der Waals surface area contributed by atoms with Gasteiger partial charge in [-0.2, -0.15) is 0 Å². The molecule has 0 amide bonds. The van der Waals surface area contributed by atoms with Gasteiger partial charge in [0, 0.05) is 6.20 Å². The highest BCUT2D eigenvalue weighted by Gasteiger charge is 2.01. The van der Waals surface area contributed by atoms with Gasteiger partial charge in [-0.25, -0.2) is 0 Å². The predicted molar refractivity (Wildman–Crippen MR) is 42.8 cm³/mol. The van der Waals surface area contributed by atoms with Gasteiger partial charge in [-0.15, -0.1) is 6.42 Å². The summed E-state index contributed by atoms with van der Waals surface area (Å²) in [4.78, 5) is 4.00. The van der Waals surface area contributed by atoms with Crippen molar-refractivity contribution in [1.29, 1.82) is 0 Å². The van der Waals surface area contributed by atoms with E-state index < -0.39 is 0 Å². The molecule has 0 bridgehead atoms. The molecule has 1 aromatic heterocycles. The van der Waals surface area contributed by atoms with E-state index in [4.69, 9.17) is 11.5 Å². The van der Waals surface area contributed by atoms with Gasteiger partial charge in [0.15, 0.2) is 0 Å². The Morgan fingerprint density at radius 2 is 2.45 bits per heavy atom. The van der Waals surface area contributed by atoms with Crippen LogP contribution in [0.1, 0.15) is 16.8 Å². The first-order chi connectivity index (χ1) is 5.29. The molecule has 0 aliphatic rings. The van der Waals surface area contributed by atoms with Crippen molar-refractivity contribution in [3.05, 3.63) is 29.1 Å². The van der Waals surface area contributed by atoms with E-state index in [1.165, 1.54) is 0 Å². The monoisotopic (exact) mass is 147 g/mol. The molecule has 0 aliphatic carbocycles. The Hall–Kier alpha value is -1.33. The van der Waals surface area contributed by atoms with Gasteiger partial charge in [0.05, 0.1) is 17.9 Å². The first-order valence-electron chi connectivity index (χ1n) is 3.31. The van der Waals surface area contributed by atoms with Crippen LogP contribution in [0.4, 0.5) is 0 Å². The van der Waals surface area contributed by atoms with Gasteiger partial charge in [0.1, 0.15) is 0 Å². The number of rotatable bonds is 1. The third-order valence-corrected chi connectivity index (χ3v) is 1.54. The molecular weight excluding hydrogens is 138 g/mol. The quantitative estimate of drug-likeness (QED) is 0.598. The molecule has 0 atom stereocenters. The van der Waals surface area contributed by atoms with E-state index in [0.717, 1.165) is 11.3 Å². The third-order valence-electron chi connectivity index (χ3n) is 1.54. The molecule has 56 valence electrons. The number of nitrogens with zero attached hydrogens (tertiary/aromatic N) is 1. The van der Waals surface area contributed by atoms with Crippen molar-refractivity contribution in [2.45, 2.75) is 13.5 Å². The van der Waals surface area contributed by atoms with E-state index in [-0.39, 0.29) is 6.61 Å². The van der Waals surface area contributed by atoms with E-state index in [9.17, 15) is 0 Å². The maximum Gasteiger partial charge on any atom is 0.0695 e. The second-order valence-corrected chi connectivity index (χ2v) is 2.23. The number of terminal acetylenes is 1. The second-order valence-electron chi connectivity index (χ2n) is 2.23. The molecule has 1 aromatic rings. The van der Waals surface area contributed by atoms with Crippen LogP contribution < -0.4 is 0 Å². The fraction of sp³-hybridized carbons (Fsp3) is 0.222. The minimum atomic E-state index is -0.0249. The van der Waals surface area contributed by atoms with Crippen LogP contribution in [0.3, 0.4) is 0 Å².